The average molecular weight is 351 g/mol. The fourth-order valence-corrected chi connectivity index (χ4v) is 3.71. The Morgan fingerprint density at radius 2 is 0.826 bits per heavy atom. The topological polar surface area (TPSA) is 27.7 Å². The van der Waals surface area contributed by atoms with Crippen LogP contribution in [-0.4, -0.2) is 29.0 Å². The smallest absolute Gasteiger partial charge is 0.348 e. The van der Waals surface area contributed by atoms with Gasteiger partial charge in [-0.15, -0.1) is 0 Å². The summed E-state index contributed by atoms with van der Waals surface area (Å²) in [7, 11) is -3.93. The molecule has 0 spiro atoms. The molecule has 0 bridgehead atoms. The van der Waals surface area contributed by atoms with Crippen molar-refractivity contribution in [3.63, 3.8) is 0 Å². The van der Waals surface area contributed by atoms with Crippen molar-refractivity contribution in [2.24, 2.45) is 0 Å². The van der Waals surface area contributed by atoms with Crippen LogP contribution in [0, 0.1) is 0 Å². The SMILES string of the molecule is CCCCCCO[Si](F)(OCCCCCC)OCCCCCC. The molecule has 0 aliphatic rings. The molecule has 0 unspecified atom stereocenters. The molecule has 140 valence electrons. The van der Waals surface area contributed by atoms with E-state index in [2.05, 4.69) is 20.8 Å². The maximum atomic E-state index is 14.8. The van der Waals surface area contributed by atoms with E-state index in [0.29, 0.717) is 19.8 Å². The van der Waals surface area contributed by atoms with Gasteiger partial charge in [0, 0.05) is 19.8 Å². The lowest BCUT2D eigenvalue weighted by molar-refractivity contribution is 0.0171. The Morgan fingerprint density at radius 3 is 1.09 bits per heavy atom. The van der Waals surface area contributed by atoms with Crippen molar-refractivity contribution in [1.82, 2.24) is 0 Å². The van der Waals surface area contributed by atoms with E-state index in [-0.39, 0.29) is 0 Å². The van der Waals surface area contributed by atoms with Gasteiger partial charge in [-0.2, -0.15) is 0 Å². The summed E-state index contributed by atoms with van der Waals surface area (Å²) in [6.07, 6.45) is 12.9. The zero-order valence-corrected chi connectivity index (χ0v) is 16.7. The molecule has 0 N–H and O–H groups in total. The van der Waals surface area contributed by atoms with E-state index < -0.39 is 9.14 Å². The van der Waals surface area contributed by atoms with Gasteiger partial charge in [0.05, 0.1) is 0 Å². The van der Waals surface area contributed by atoms with E-state index in [1.54, 1.807) is 0 Å². The minimum atomic E-state index is -3.93. The molecule has 23 heavy (non-hydrogen) atoms. The molecular weight excluding hydrogens is 311 g/mol. The monoisotopic (exact) mass is 350 g/mol. The highest BCUT2D eigenvalue weighted by molar-refractivity contribution is 6.52. The second-order valence-electron chi connectivity index (χ2n) is 6.21. The van der Waals surface area contributed by atoms with Crippen molar-refractivity contribution in [1.29, 1.82) is 0 Å². The van der Waals surface area contributed by atoms with E-state index in [4.69, 9.17) is 13.3 Å². The van der Waals surface area contributed by atoms with E-state index in [1.807, 2.05) is 0 Å². The van der Waals surface area contributed by atoms with Crippen LogP contribution >= 0.6 is 0 Å². The molecule has 0 aliphatic carbocycles. The van der Waals surface area contributed by atoms with Gasteiger partial charge in [-0.3, -0.25) is 0 Å². The fourth-order valence-electron chi connectivity index (χ4n) is 2.29. The van der Waals surface area contributed by atoms with E-state index >= 15 is 0 Å². The third-order valence-electron chi connectivity index (χ3n) is 3.82. The summed E-state index contributed by atoms with van der Waals surface area (Å²) in [6, 6.07) is 0. The molecule has 5 heteroatoms. The van der Waals surface area contributed by atoms with Gasteiger partial charge in [0.1, 0.15) is 0 Å². The van der Waals surface area contributed by atoms with Crippen molar-refractivity contribution in [3.05, 3.63) is 0 Å². The maximum Gasteiger partial charge on any atom is 0.720 e. The van der Waals surface area contributed by atoms with Gasteiger partial charge in [0.15, 0.2) is 0 Å². The first-order valence-electron chi connectivity index (χ1n) is 9.79. The summed E-state index contributed by atoms with van der Waals surface area (Å²) in [5.41, 5.74) is 0. The van der Waals surface area contributed by atoms with Gasteiger partial charge in [-0.1, -0.05) is 78.6 Å². The minimum absolute atomic E-state index is 0.409. The first kappa shape index (κ1) is 23.0. The first-order chi connectivity index (χ1) is 11.2. The van der Waals surface area contributed by atoms with E-state index in [1.165, 1.54) is 38.5 Å². The molecule has 0 atom stereocenters. The Labute approximate surface area is 144 Å². The summed E-state index contributed by atoms with van der Waals surface area (Å²) < 4.78 is 31.0. The Balaban J connectivity index is 4.00. The normalized spacial score (nSPS) is 12.0. The second kappa shape index (κ2) is 16.9. The number of hydrogen-bond acceptors (Lipinski definition) is 3. The first-order valence-corrected chi connectivity index (χ1v) is 11.4. The van der Waals surface area contributed by atoms with Gasteiger partial charge >= 0.3 is 9.14 Å². The third-order valence-corrected chi connectivity index (χ3v) is 5.46. The summed E-state index contributed by atoms with van der Waals surface area (Å²) >= 11 is 0. The zero-order chi connectivity index (χ0) is 17.2. The van der Waals surface area contributed by atoms with Crippen LogP contribution in [0.15, 0.2) is 0 Å². The fraction of sp³-hybridized carbons (Fsp3) is 1.00. The van der Waals surface area contributed by atoms with Crippen molar-refractivity contribution in [2.45, 2.75) is 97.8 Å². The molecule has 0 aromatic heterocycles. The van der Waals surface area contributed by atoms with Crippen molar-refractivity contribution >= 4 is 9.14 Å². The predicted octanol–water partition coefficient (Wildman–Crippen LogP) is 6.18. The number of rotatable bonds is 18. The van der Waals surface area contributed by atoms with Crippen LogP contribution < -0.4 is 0 Å². The van der Waals surface area contributed by atoms with Crippen LogP contribution in [0.25, 0.3) is 0 Å². The zero-order valence-electron chi connectivity index (χ0n) is 15.7. The highest BCUT2D eigenvalue weighted by Gasteiger charge is 2.44. The van der Waals surface area contributed by atoms with Crippen molar-refractivity contribution < 1.29 is 17.4 Å². The molecule has 0 heterocycles. The predicted molar refractivity (Wildman–Crippen MR) is 97.1 cm³/mol. The largest absolute Gasteiger partial charge is 0.720 e. The van der Waals surface area contributed by atoms with Crippen LogP contribution in [0.1, 0.15) is 97.8 Å². The molecular formula is C18H39FO3Si. The van der Waals surface area contributed by atoms with Gasteiger partial charge in [-0.25, -0.2) is 4.11 Å². The lowest BCUT2D eigenvalue weighted by atomic mass is 10.2. The maximum absolute atomic E-state index is 14.8. The quantitative estimate of drug-likeness (QED) is 0.168. The summed E-state index contributed by atoms with van der Waals surface area (Å²) in [5.74, 6) is 0. The van der Waals surface area contributed by atoms with Crippen LogP contribution in [0.2, 0.25) is 0 Å². The summed E-state index contributed by atoms with van der Waals surface area (Å²) in [4.78, 5) is 0. The van der Waals surface area contributed by atoms with Crippen molar-refractivity contribution in [3.8, 4) is 0 Å². The average Bonchev–Trinajstić information content (AvgIpc) is 2.54. The van der Waals surface area contributed by atoms with E-state index in [9.17, 15) is 4.11 Å². The van der Waals surface area contributed by atoms with Gasteiger partial charge < -0.3 is 13.3 Å². The number of unbranched alkanes of at least 4 members (excludes halogenated alkanes) is 9. The van der Waals surface area contributed by atoms with Gasteiger partial charge in [0.2, 0.25) is 0 Å². The molecule has 0 fully saturated rings. The van der Waals surface area contributed by atoms with Crippen molar-refractivity contribution in [2.75, 3.05) is 19.8 Å². The molecule has 3 nitrogen and oxygen atoms in total. The molecule has 0 aliphatic heterocycles. The van der Waals surface area contributed by atoms with Crippen LogP contribution in [0.3, 0.4) is 0 Å². The molecule has 0 rings (SSSR count). The molecule has 0 aromatic carbocycles. The Hall–Kier alpha value is 0.0269. The lowest BCUT2D eigenvalue weighted by Gasteiger charge is -2.21. The summed E-state index contributed by atoms with van der Waals surface area (Å²) in [6.45, 7) is 7.71. The minimum Gasteiger partial charge on any atom is -0.348 e. The van der Waals surface area contributed by atoms with Crippen LogP contribution in [0.5, 0.6) is 0 Å². The van der Waals surface area contributed by atoms with Gasteiger partial charge in [-0.05, 0) is 19.3 Å². The Morgan fingerprint density at radius 1 is 0.522 bits per heavy atom. The third kappa shape index (κ3) is 15.3. The van der Waals surface area contributed by atoms with E-state index in [0.717, 1.165) is 38.5 Å². The number of halogens is 1. The molecule has 0 amide bonds. The highest BCUT2D eigenvalue weighted by atomic mass is 28.4. The van der Waals surface area contributed by atoms with Crippen LogP contribution in [0.4, 0.5) is 4.11 Å². The lowest BCUT2D eigenvalue weighted by Crippen LogP contribution is -2.42. The number of hydrogen-bond donors (Lipinski definition) is 0. The molecule has 0 saturated heterocycles. The highest BCUT2D eigenvalue weighted by Crippen LogP contribution is 2.15. The summed E-state index contributed by atoms with van der Waals surface area (Å²) in [5, 5.41) is 0. The second-order valence-corrected chi connectivity index (χ2v) is 8.04. The Bertz CT molecular complexity index is 206. The molecule has 0 saturated carbocycles. The molecule has 0 aromatic rings. The Kier molecular flexibility index (Phi) is 16.9. The molecule has 0 radical (unpaired) electrons. The van der Waals surface area contributed by atoms with Gasteiger partial charge in [0.25, 0.3) is 0 Å². The van der Waals surface area contributed by atoms with Crippen LogP contribution in [-0.2, 0) is 13.3 Å². The standard InChI is InChI=1S/C18H39FO3Si/c1-4-7-10-13-16-20-23(19,21-17-14-11-8-5-2)22-18-15-12-9-6-3/h4-18H2,1-3H3.